The van der Waals surface area contributed by atoms with Crippen molar-refractivity contribution in [3.63, 3.8) is 0 Å². The summed E-state index contributed by atoms with van der Waals surface area (Å²) >= 11 is 3.26. The number of carbonyl (C=O) groups excluding carboxylic acids is 1. The van der Waals surface area contributed by atoms with Crippen LogP contribution in [0.25, 0.3) is 11.3 Å². The van der Waals surface area contributed by atoms with E-state index in [0.29, 0.717) is 10.2 Å². The lowest BCUT2D eigenvalue weighted by Gasteiger charge is -1.93. The van der Waals surface area contributed by atoms with Crippen LogP contribution in [-0.4, -0.2) is 11.2 Å². The van der Waals surface area contributed by atoms with Gasteiger partial charge in [0.2, 0.25) is 11.9 Å². The first-order valence-electron chi connectivity index (χ1n) is 4.11. The molecule has 0 aliphatic rings. The van der Waals surface area contributed by atoms with Crippen molar-refractivity contribution in [2.24, 2.45) is 4.99 Å². The number of aromatic nitrogens is 1. The predicted octanol–water partition coefficient (Wildman–Crippen LogP) is 3.07. The lowest BCUT2D eigenvalue weighted by molar-refractivity contribution is 0.434. The van der Waals surface area contributed by atoms with E-state index in [4.69, 9.17) is 4.52 Å². The maximum atomic E-state index is 10.1. The van der Waals surface area contributed by atoms with E-state index in [9.17, 15) is 4.79 Å². The molecule has 1 heterocycles. The van der Waals surface area contributed by atoms with Gasteiger partial charge >= 0.3 is 0 Å². The number of halogens is 1. The summed E-state index contributed by atoms with van der Waals surface area (Å²) in [5.74, 6) is 0.744. The van der Waals surface area contributed by atoms with Crippen molar-refractivity contribution in [1.82, 2.24) is 5.16 Å². The molecule has 0 saturated heterocycles. The Hall–Kier alpha value is -1.71. The fourth-order valence-electron chi connectivity index (χ4n) is 1.15. The smallest absolute Gasteiger partial charge is 0.242 e. The van der Waals surface area contributed by atoms with Crippen LogP contribution >= 0.6 is 15.9 Å². The summed E-state index contributed by atoms with van der Waals surface area (Å²) in [7, 11) is 0. The minimum absolute atomic E-state index is 0.198. The molecule has 0 spiro atoms. The van der Waals surface area contributed by atoms with Gasteiger partial charge in [0.05, 0.1) is 0 Å². The molecule has 74 valence electrons. The number of isocyanates is 1. The van der Waals surface area contributed by atoms with E-state index in [1.807, 2.05) is 30.3 Å². The molecule has 0 amide bonds. The average molecular weight is 265 g/mol. The van der Waals surface area contributed by atoms with Crippen molar-refractivity contribution in [2.45, 2.75) is 0 Å². The summed E-state index contributed by atoms with van der Waals surface area (Å²) in [6.45, 7) is 0. The first-order valence-corrected chi connectivity index (χ1v) is 4.90. The normalized spacial score (nSPS) is 9.67. The van der Waals surface area contributed by atoms with E-state index in [2.05, 4.69) is 26.1 Å². The molecule has 0 atom stereocenters. The monoisotopic (exact) mass is 264 g/mol. The fraction of sp³-hybridized carbons (Fsp3) is 0. The molecular weight excluding hydrogens is 260 g/mol. The zero-order valence-corrected chi connectivity index (χ0v) is 9.06. The summed E-state index contributed by atoms with van der Waals surface area (Å²) in [6.07, 6.45) is 1.41. The molecule has 15 heavy (non-hydrogen) atoms. The van der Waals surface area contributed by atoms with Gasteiger partial charge in [0.25, 0.3) is 0 Å². The third-order valence-electron chi connectivity index (χ3n) is 1.81. The van der Waals surface area contributed by atoms with Crippen molar-refractivity contribution in [2.75, 3.05) is 0 Å². The molecule has 4 nitrogen and oxygen atoms in total. The van der Waals surface area contributed by atoms with Crippen molar-refractivity contribution in [3.8, 4) is 11.3 Å². The molecule has 0 aliphatic carbocycles. The summed E-state index contributed by atoms with van der Waals surface area (Å²) in [6, 6.07) is 9.41. The molecule has 0 fully saturated rings. The van der Waals surface area contributed by atoms with Crippen LogP contribution in [0, 0.1) is 0 Å². The quantitative estimate of drug-likeness (QED) is 0.619. The molecule has 1 aromatic heterocycles. The Balaban J connectivity index is 2.51. The largest absolute Gasteiger partial charge is 0.353 e. The molecule has 0 aliphatic heterocycles. The number of aliphatic imine (C=N–C) groups is 1. The van der Waals surface area contributed by atoms with Crippen LogP contribution < -0.4 is 0 Å². The number of rotatable bonds is 2. The highest BCUT2D eigenvalue weighted by Crippen LogP contribution is 2.34. The Labute approximate surface area is 93.7 Å². The second-order valence-electron chi connectivity index (χ2n) is 2.72. The zero-order valence-electron chi connectivity index (χ0n) is 7.48. The van der Waals surface area contributed by atoms with Crippen molar-refractivity contribution in [3.05, 3.63) is 34.8 Å². The lowest BCUT2D eigenvalue weighted by Crippen LogP contribution is -1.72. The van der Waals surface area contributed by atoms with E-state index < -0.39 is 0 Å². The van der Waals surface area contributed by atoms with Crippen LogP contribution in [-0.2, 0) is 4.79 Å². The minimum atomic E-state index is 0.198. The average Bonchev–Trinajstić information content (AvgIpc) is 2.63. The van der Waals surface area contributed by atoms with E-state index in [1.54, 1.807) is 0 Å². The molecular formula is C10H5BrN2O2. The molecule has 0 saturated carbocycles. The van der Waals surface area contributed by atoms with Gasteiger partial charge in [-0.15, -0.1) is 4.99 Å². The number of hydrogen-bond acceptors (Lipinski definition) is 4. The Morgan fingerprint density at radius 1 is 1.33 bits per heavy atom. The van der Waals surface area contributed by atoms with E-state index in [0.717, 1.165) is 5.56 Å². The molecule has 2 aromatic rings. The predicted molar refractivity (Wildman–Crippen MR) is 57.4 cm³/mol. The third kappa shape index (κ3) is 1.88. The topological polar surface area (TPSA) is 55.5 Å². The highest BCUT2D eigenvalue weighted by molar-refractivity contribution is 9.10. The zero-order chi connectivity index (χ0) is 10.7. The third-order valence-corrected chi connectivity index (χ3v) is 2.52. The van der Waals surface area contributed by atoms with Gasteiger partial charge in [-0.1, -0.05) is 35.5 Å². The van der Waals surface area contributed by atoms with Crippen molar-refractivity contribution < 1.29 is 9.32 Å². The Morgan fingerprint density at radius 2 is 2.07 bits per heavy atom. The molecule has 2 rings (SSSR count). The summed E-state index contributed by atoms with van der Waals surface area (Å²) in [4.78, 5) is 13.5. The van der Waals surface area contributed by atoms with Gasteiger partial charge in [-0.25, -0.2) is 4.79 Å². The van der Waals surface area contributed by atoms with Crippen LogP contribution in [0.1, 0.15) is 0 Å². The molecule has 0 N–H and O–H groups in total. The fourth-order valence-corrected chi connectivity index (χ4v) is 1.61. The van der Waals surface area contributed by atoms with Gasteiger partial charge in [0.15, 0.2) is 5.76 Å². The first kappa shape index (κ1) is 9.83. The molecule has 0 bridgehead atoms. The maximum absolute atomic E-state index is 10.1. The number of nitrogens with zero attached hydrogens (tertiary/aromatic N) is 2. The number of benzene rings is 1. The standard InChI is InChI=1S/C10H5BrN2O2/c11-8-9(7-4-2-1-3-5-7)15-13-10(8)12-6-14/h1-5H. The van der Waals surface area contributed by atoms with Gasteiger partial charge in [-0.3, -0.25) is 0 Å². The van der Waals surface area contributed by atoms with Gasteiger partial charge in [0.1, 0.15) is 4.47 Å². The van der Waals surface area contributed by atoms with Gasteiger partial charge in [-0.05, 0) is 15.9 Å². The highest BCUT2D eigenvalue weighted by atomic mass is 79.9. The second kappa shape index (κ2) is 4.21. The molecule has 0 radical (unpaired) electrons. The van der Waals surface area contributed by atoms with E-state index in [1.165, 1.54) is 6.08 Å². The van der Waals surface area contributed by atoms with Gasteiger partial charge in [0, 0.05) is 5.56 Å². The summed E-state index contributed by atoms with van der Waals surface area (Å²) in [5.41, 5.74) is 0.865. The Morgan fingerprint density at radius 3 is 2.73 bits per heavy atom. The molecule has 0 unspecified atom stereocenters. The van der Waals surface area contributed by atoms with E-state index >= 15 is 0 Å². The van der Waals surface area contributed by atoms with Gasteiger partial charge in [-0.2, -0.15) is 0 Å². The molecule has 5 heteroatoms. The van der Waals surface area contributed by atoms with Crippen LogP contribution in [0.2, 0.25) is 0 Å². The highest BCUT2D eigenvalue weighted by Gasteiger charge is 2.14. The number of hydrogen-bond donors (Lipinski definition) is 0. The SMILES string of the molecule is O=C=Nc1noc(-c2ccccc2)c1Br. The van der Waals surface area contributed by atoms with Crippen molar-refractivity contribution in [1.29, 1.82) is 0 Å². The second-order valence-corrected chi connectivity index (χ2v) is 3.51. The summed E-state index contributed by atoms with van der Waals surface area (Å²) < 4.78 is 5.62. The van der Waals surface area contributed by atoms with Crippen LogP contribution in [0.4, 0.5) is 5.82 Å². The summed E-state index contributed by atoms with van der Waals surface area (Å²) in [5, 5.41) is 3.63. The van der Waals surface area contributed by atoms with Crippen LogP contribution in [0.3, 0.4) is 0 Å². The lowest BCUT2D eigenvalue weighted by atomic mass is 10.2. The van der Waals surface area contributed by atoms with Crippen LogP contribution in [0.15, 0.2) is 44.3 Å². The first-order chi connectivity index (χ1) is 7.33. The molecule has 1 aromatic carbocycles. The maximum Gasteiger partial charge on any atom is 0.242 e. The van der Waals surface area contributed by atoms with Gasteiger partial charge < -0.3 is 4.52 Å². The Bertz CT molecular complexity index is 515. The minimum Gasteiger partial charge on any atom is -0.353 e. The van der Waals surface area contributed by atoms with Crippen molar-refractivity contribution >= 4 is 27.8 Å². The van der Waals surface area contributed by atoms with E-state index in [-0.39, 0.29) is 5.82 Å². The Kier molecular flexibility index (Phi) is 2.76. The van der Waals surface area contributed by atoms with Crippen LogP contribution in [0.5, 0.6) is 0 Å².